The minimum absolute atomic E-state index is 0.371. The third-order valence-corrected chi connectivity index (χ3v) is 2.59. The molecule has 0 aromatic heterocycles. The molecule has 0 aromatic carbocycles. The Labute approximate surface area is 62.6 Å². The van der Waals surface area contributed by atoms with E-state index in [1.165, 1.54) is 0 Å². The number of hydrogen-bond donors (Lipinski definition) is 2. The molecule has 0 aliphatic carbocycles. The summed E-state index contributed by atoms with van der Waals surface area (Å²) in [6, 6.07) is 1.03. The van der Waals surface area contributed by atoms with Crippen molar-refractivity contribution >= 4 is 14.2 Å². The van der Waals surface area contributed by atoms with Crippen LogP contribution in [0.3, 0.4) is 0 Å². The van der Waals surface area contributed by atoms with Crippen LogP contribution in [-0.4, -0.2) is 25.9 Å². The molecule has 0 amide bonds. The van der Waals surface area contributed by atoms with Crippen LogP contribution < -0.4 is 0 Å². The summed E-state index contributed by atoms with van der Waals surface area (Å²) in [5, 5.41) is 13.8. The minimum Gasteiger partial charge on any atom is -0.397 e. The summed E-state index contributed by atoms with van der Waals surface area (Å²) in [6.07, 6.45) is 0.750. The summed E-state index contributed by atoms with van der Waals surface area (Å²) in [5.74, 6) is 0. The van der Waals surface area contributed by atoms with Crippen molar-refractivity contribution < 1.29 is 9.90 Å². The normalized spacial score (nSPS) is 9.20. The highest BCUT2D eigenvalue weighted by Crippen LogP contribution is 2.05. The van der Waals surface area contributed by atoms with E-state index >= 15 is 0 Å². The minimum atomic E-state index is -0.907. The number of rotatable bonds is 2. The highest BCUT2D eigenvalue weighted by molar-refractivity contribution is 6.76. The third kappa shape index (κ3) is 25.7. The van der Waals surface area contributed by atoms with Gasteiger partial charge in [0.15, 0.2) is 0 Å². The van der Waals surface area contributed by atoms with Crippen LogP contribution in [0.1, 0.15) is 0 Å². The molecule has 0 radical (unpaired) electrons. The molecular formula is C6H15NO2Si. The standard InChI is InChI=1S/C5H14OSi.CHNO/c1-7(2,3)5-4-6;2-1-3/h6H,4-5H2,1-3H3;2H. The Bertz CT molecular complexity index is 103. The molecule has 0 aliphatic rings. The number of aliphatic hydroxyl groups is 1. The fraction of sp³-hybridized carbons (Fsp3) is 0.833. The van der Waals surface area contributed by atoms with Gasteiger partial charge in [0.2, 0.25) is 6.08 Å². The Morgan fingerprint density at radius 2 is 1.80 bits per heavy atom. The maximum atomic E-state index is 8.44. The summed E-state index contributed by atoms with van der Waals surface area (Å²) in [5.41, 5.74) is 0. The van der Waals surface area contributed by atoms with Crippen LogP contribution in [0.25, 0.3) is 0 Å². The van der Waals surface area contributed by atoms with Gasteiger partial charge in [-0.25, -0.2) is 10.2 Å². The first-order valence-electron chi connectivity index (χ1n) is 3.12. The first-order valence-corrected chi connectivity index (χ1v) is 6.83. The second-order valence-electron chi connectivity index (χ2n) is 3.14. The molecule has 4 heteroatoms. The molecule has 0 aromatic rings. The van der Waals surface area contributed by atoms with Gasteiger partial charge in [-0.1, -0.05) is 19.6 Å². The molecule has 0 fully saturated rings. The van der Waals surface area contributed by atoms with Gasteiger partial charge >= 0.3 is 0 Å². The molecule has 0 saturated heterocycles. The molecule has 0 rings (SSSR count). The average Bonchev–Trinajstić information content (AvgIpc) is 1.63. The number of isocyanates is 1. The summed E-state index contributed by atoms with van der Waals surface area (Å²) in [4.78, 5) is 8.35. The lowest BCUT2D eigenvalue weighted by Crippen LogP contribution is -2.20. The number of aliphatic hydroxyl groups excluding tert-OH is 1. The van der Waals surface area contributed by atoms with Crippen LogP contribution >= 0.6 is 0 Å². The maximum absolute atomic E-state index is 8.44. The predicted molar refractivity (Wildman–Crippen MR) is 43.7 cm³/mol. The van der Waals surface area contributed by atoms with Gasteiger partial charge in [0.05, 0.1) is 0 Å². The van der Waals surface area contributed by atoms with Gasteiger partial charge < -0.3 is 5.11 Å². The van der Waals surface area contributed by atoms with E-state index in [0.29, 0.717) is 6.61 Å². The zero-order valence-corrected chi connectivity index (χ0v) is 7.77. The molecule has 0 unspecified atom stereocenters. The van der Waals surface area contributed by atoms with Gasteiger partial charge in [-0.2, -0.15) is 0 Å². The van der Waals surface area contributed by atoms with E-state index < -0.39 is 8.07 Å². The molecule has 0 bridgehead atoms. The van der Waals surface area contributed by atoms with Gasteiger partial charge in [-0.3, -0.25) is 0 Å². The van der Waals surface area contributed by atoms with Crippen LogP contribution in [-0.2, 0) is 4.79 Å². The Morgan fingerprint density at radius 1 is 1.50 bits per heavy atom. The second-order valence-corrected chi connectivity index (χ2v) is 8.76. The quantitative estimate of drug-likeness (QED) is 0.363. The van der Waals surface area contributed by atoms with Crippen molar-refractivity contribution in [3.63, 3.8) is 0 Å². The van der Waals surface area contributed by atoms with E-state index in [4.69, 9.17) is 15.3 Å². The maximum Gasteiger partial charge on any atom is 0.231 e. The van der Waals surface area contributed by atoms with Crippen molar-refractivity contribution in [2.75, 3.05) is 6.61 Å². The second kappa shape index (κ2) is 6.67. The van der Waals surface area contributed by atoms with Crippen molar-refractivity contribution in [1.82, 2.24) is 0 Å². The molecule has 3 nitrogen and oxygen atoms in total. The summed E-state index contributed by atoms with van der Waals surface area (Å²) >= 11 is 0. The van der Waals surface area contributed by atoms with E-state index in [1.807, 2.05) is 0 Å². The molecule has 10 heavy (non-hydrogen) atoms. The third-order valence-electron chi connectivity index (χ3n) is 0.862. The molecule has 0 atom stereocenters. The van der Waals surface area contributed by atoms with Crippen LogP contribution in [0.15, 0.2) is 0 Å². The van der Waals surface area contributed by atoms with Crippen LogP contribution in [0, 0.1) is 5.41 Å². The monoisotopic (exact) mass is 161 g/mol. The van der Waals surface area contributed by atoms with E-state index in [2.05, 4.69) is 19.6 Å². The van der Waals surface area contributed by atoms with Crippen LogP contribution in [0.5, 0.6) is 0 Å². The summed E-state index contributed by atoms with van der Waals surface area (Å²) in [7, 11) is -0.907. The predicted octanol–water partition coefficient (Wildman–Crippen LogP) is 1.22. The van der Waals surface area contributed by atoms with Gasteiger partial charge in [-0.15, -0.1) is 0 Å². The highest BCUT2D eigenvalue weighted by Gasteiger charge is 2.09. The summed E-state index contributed by atoms with van der Waals surface area (Å²) < 4.78 is 0. The topological polar surface area (TPSA) is 61.1 Å². The number of hydrogen-bond acceptors (Lipinski definition) is 3. The van der Waals surface area contributed by atoms with Crippen molar-refractivity contribution in [3.8, 4) is 0 Å². The Hall–Kier alpha value is -0.443. The van der Waals surface area contributed by atoms with Crippen molar-refractivity contribution in [2.45, 2.75) is 25.7 Å². The lowest BCUT2D eigenvalue weighted by Gasteiger charge is -2.11. The van der Waals surface area contributed by atoms with Crippen molar-refractivity contribution in [1.29, 1.82) is 5.41 Å². The summed E-state index contributed by atoms with van der Waals surface area (Å²) in [6.45, 7) is 7.13. The Kier molecular flexibility index (Phi) is 8.18. The van der Waals surface area contributed by atoms with E-state index in [1.54, 1.807) is 0 Å². The molecule has 0 saturated carbocycles. The molecule has 0 aliphatic heterocycles. The van der Waals surface area contributed by atoms with Crippen molar-refractivity contribution in [2.24, 2.45) is 0 Å². The van der Waals surface area contributed by atoms with Gasteiger partial charge in [0.25, 0.3) is 0 Å². The fourth-order valence-corrected chi connectivity index (χ4v) is 1.01. The smallest absolute Gasteiger partial charge is 0.231 e. The highest BCUT2D eigenvalue weighted by atomic mass is 28.3. The lowest BCUT2D eigenvalue weighted by molar-refractivity contribution is 0.316. The molecule has 0 heterocycles. The van der Waals surface area contributed by atoms with Gasteiger partial charge in [0, 0.05) is 14.7 Å². The van der Waals surface area contributed by atoms with Crippen LogP contribution in [0.4, 0.5) is 0 Å². The Balaban J connectivity index is 0. The lowest BCUT2D eigenvalue weighted by atomic mass is 10.9. The number of carbonyl (C=O) groups excluding carboxylic acids is 1. The zero-order valence-electron chi connectivity index (χ0n) is 6.77. The molecular weight excluding hydrogens is 146 g/mol. The van der Waals surface area contributed by atoms with E-state index in [9.17, 15) is 0 Å². The van der Waals surface area contributed by atoms with E-state index in [0.717, 1.165) is 12.1 Å². The SMILES string of the molecule is C[Si](C)(C)CCO.N=C=O. The first kappa shape index (κ1) is 12.3. The van der Waals surface area contributed by atoms with E-state index in [-0.39, 0.29) is 0 Å². The first-order chi connectivity index (χ1) is 4.47. The largest absolute Gasteiger partial charge is 0.397 e. The zero-order chi connectivity index (χ0) is 8.62. The Morgan fingerprint density at radius 3 is 1.80 bits per heavy atom. The fourth-order valence-electron chi connectivity index (χ4n) is 0.335. The van der Waals surface area contributed by atoms with Crippen molar-refractivity contribution in [3.05, 3.63) is 0 Å². The van der Waals surface area contributed by atoms with Gasteiger partial charge in [-0.05, 0) is 6.04 Å². The van der Waals surface area contributed by atoms with Gasteiger partial charge in [0.1, 0.15) is 0 Å². The van der Waals surface area contributed by atoms with Crippen LogP contribution in [0.2, 0.25) is 25.7 Å². The average molecular weight is 161 g/mol. The number of nitrogens with one attached hydrogen (secondary N) is 1. The molecule has 2 N–H and O–H groups in total. The molecule has 60 valence electrons. The molecule has 0 spiro atoms.